The standard InChI is InChI=1S/C20H22Cl2N2O/c21-18-8-1-4-14(19(18)22)11-24-12-16-5-2-6-17(13-24)20(16,25)15-7-3-9-23-10-15/h1,3-4,7-10,16-17,25H,2,5-6,11-13H2/t16-,17+,20?. The molecule has 0 spiro atoms. The van der Waals surface area contributed by atoms with E-state index in [0.717, 1.165) is 43.6 Å². The largest absolute Gasteiger partial charge is 0.384 e. The molecule has 5 heteroatoms. The van der Waals surface area contributed by atoms with E-state index in [1.54, 1.807) is 6.20 Å². The van der Waals surface area contributed by atoms with Gasteiger partial charge in [-0.1, -0.05) is 47.8 Å². The second-order valence-corrected chi connectivity index (χ2v) is 8.08. The Hall–Kier alpha value is -1.13. The van der Waals surface area contributed by atoms with Gasteiger partial charge in [0.25, 0.3) is 0 Å². The summed E-state index contributed by atoms with van der Waals surface area (Å²) >= 11 is 12.5. The summed E-state index contributed by atoms with van der Waals surface area (Å²) in [5.41, 5.74) is 1.26. The van der Waals surface area contributed by atoms with Crippen LogP contribution in [0.3, 0.4) is 0 Å². The molecule has 2 aromatic rings. The van der Waals surface area contributed by atoms with E-state index in [-0.39, 0.29) is 11.8 Å². The van der Waals surface area contributed by atoms with Crippen molar-refractivity contribution in [3.8, 4) is 0 Å². The van der Waals surface area contributed by atoms with Crippen LogP contribution in [0.5, 0.6) is 0 Å². The highest BCUT2D eigenvalue weighted by Crippen LogP contribution is 2.49. The molecule has 25 heavy (non-hydrogen) atoms. The number of halogens is 2. The molecule has 2 fully saturated rings. The second kappa shape index (κ2) is 6.88. The van der Waals surface area contributed by atoms with Crippen molar-refractivity contribution in [3.05, 3.63) is 63.9 Å². The van der Waals surface area contributed by atoms with Gasteiger partial charge in [0.15, 0.2) is 0 Å². The Morgan fingerprint density at radius 3 is 2.56 bits per heavy atom. The molecule has 0 amide bonds. The summed E-state index contributed by atoms with van der Waals surface area (Å²) in [7, 11) is 0. The van der Waals surface area contributed by atoms with E-state index >= 15 is 0 Å². The molecular formula is C20H22Cl2N2O. The predicted octanol–water partition coefficient (Wildman–Crippen LogP) is 4.51. The molecule has 1 N–H and O–H groups in total. The molecule has 0 radical (unpaired) electrons. The van der Waals surface area contributed by atoms with Crippen LogP contribution in [0.1, 0.15) is 30.4 Å². The van der Waals surface area contributed by atoms with Crippen LogP contribution < -0.4 is 0 Å². The lowest BCUT2D eigenvalue weighted by atomic mass is 9.63. The van der Waals surface area contributed by atoms with Crippen molar-refractivity contribution in [2.45, 2.75) is 31.4 Å². The number of aliphatic hydroxyl groups is 1. The SMILES string of the molecule is OC1(c2cccnc2)[C@@H]2CCC[C@H]1CN(Cc1cccc(Cl)c1Cl)C2. The number of hydrogen-bond donors (Lipinski definition) is 1. The molecule has 4 rings (SSSR count). The number of hydrogen-bond acceptors (Lipinski definition) is 3. The van der Waals surface area contributed by atoms with E-state index in [4.69, 9.17) is 23.2 Å². The Morgan fingerprint density at radius 1 is 1.12 bits per heavy atom. The Kier molecular flexibility index (Phi) is 4.76. The summed E-state index contributed by atoms with van der Waals surface area (Å²) in [5.74, 6) is 0.448. The normalized spacial score (nSPS) is 29.6. The van der Waals surface area contributed by atoms with E-state index < -0.39 is 5.60 Å². The van der Waals surface area contributed by atoms with Gasteiger partial charge >= 0.3 is 0 Å². The number of rotatable bonds is 3. The van der Waals surface area contributed by atoms with Crippen molar-refractivity contribution < 1.29 is 5.11 Å². The molecule has 132 valence electrons. The minimum absolute atomic E-state index is 0.224. The van der Waals surface area contributed by atoms with Gasteiger partial charge < -0.3 is 5.11 Å². The summed E-state index contributed by atoms with van der Waals surface area (Å²) in [6.45, 7) is 2.50. The quantitative estimate of drug-likeness (QED) is 0.855. The van der Waals surface area contributed by atoms with Crippen LogP contribution in [0, 0.1) is 11.8 Å². The lowest BCUT2D eigenvalue weighted by Crippen LogP contribution is -2.57. The minimum atomic E-state index is -0.763. The zero-order valence-electron chi connectivity index (χ0n) is 14.0. The number of likely N-dealkylation sites (tertiary alicyclic amines) is 1. The van der Waals surface area contributed by atoms with Crippen molar-refractivity contribution in [1.82, 2.24) is 9.88 Å². The van der Waals surface area contributed by atoms with Gasteiger partial charge in [-0.15, -0.1) is 0 Å². The highest BCUT2D eigenvalue weighted by molar-refractivity contribution is 6.42. The fourth-order valence-corrected chi connectivity index (χ4v) is 5.03. The molecule has 2 heterocycles. The maximum absolute atomic E-state index is 11.6. The lowest BCUT2D eigenvalue weighted by molar-refractivity contribution is -0.148. The Labute approximate surface area is 158 Å². The molecular weight excluding hydrogens is 355 g/mol. The number of aromatic nitrogens is 1. The number of benzene rings is 1. The number of fused-ring (bicyclic) bond motifs is 2. The minimum Gasteiger partial charge on any atom is -0.384 e. The van der Waals surface area contributed by atoms with Crippen molar-refractivity contribution >= 4 is 23.2 Å². The average Bonchev–Trinajstić information content (AvgIpc) is 2.60. The average molecular weight is 377 g/mol. The van der Waals surface area contributed by atoms with Crippen LogP contribution in [0.15, 0.2) is 42.7 Å². The summed E-state index contributed by atoms with van der Waals surface area (Å²) in [4.78, 5) is 6.65. The van der Waals surface area contributed by atoms with E-state index in [2.05, 4.69) is 9.88 Å². The smallest absolute Gasteiger partial charge is 0.0991 e. The first-order valence-electron chi connectivity index (χ1n) is 8.87. The summed E-state index contributed by atoms with van der Waals surface area (Å²) < 4.78 is 0. The molecule has 1 saturated heterocycles. The van der Waals surface area contributed by atoms with Crippen LogP contribution in [-0.2, 0) is 12.1 Å². The van der Waals surface area contributed by atoms with Crippen LogP contribution in [-0.4, -0.2) is 28.1 Å². The molecule has 1 aromatic heterocycles. The van der Waals surface area contributed by atoms with Crippen molar-refractivity contribution in [1.29, 1.82) is 0 Å². The molecule has 1 saturated carbocycles. The molecule has 2 bridgehead atoms. The van der Waals surface area contributed by atoms with Crippen molar-refractivity contribution in [2.24, 2.45) is 11.8 Å². The Bertz CT molecular complexity index is 739. The summed E-state index contributed by atoms with van der Waals surface area (Å²) in [6.07, 6.45) is 6.86. The van der Waals surface area contributed by atoms with Gasteiger partial charge in [0.05, 0.1) is 15.6 Å². The van der Waals surface area contributed by atoms with Gasteiger partial charge in [-0.25, -0.2) is 0 Å². The zero-order valence-corrected chi connectivity index (χ0v) is 15.5. The van der Waals surface area contributed by atoms with Crippen LogP contribution in [0.25, 0.3) is 0 Å². The zero-order chi connectivity index (χ0) is 17.4. The Morgan fingerprint density at radius 2 is 1.88 bits per heavy atom. The third-order valence-corrected chi connectivity index (χ3v) is 6.71. The number of nitrogens with zero attached hydrogens (tertiary/aromatic N) is 2. The van der Waals surface area contributed by atoms with Gasteiger partial charge in [0.2, 0.25) is 0 Å². The first-order valence-corrected chi connectivity index (χ1v) is 9.62. The van der Waals surface area contributed by atoms with Gasteiger partial charge in [-0.05, 0) is 30.5 Å². The second-order valence-electron chi connectivity index (χ2n) is 7.30. The summed E-state index contributed by atoms with van der Waals surface area (Å²) in [6, 6.07) is 9.73. The first-order chi connectivity index (χ1) is 12.1. The van der Waals surface area contributed by atoms with E-state index in [9.17, 15) is 5.11 Å². The van der Waals surface area contributed by atoms with Crippen LogP contribution in [0.4, 0.5) is 0 Å². The molecule has 1 aliphatic heterocycles. The Balaban J connectivity index is 1.58. The van der Waals surface area contributed by atoms with E-state index in [1.165, 1.54) is 6.42 Å². The monoisotopic (exact) mass is 376 g/mol. The van der Waals surface area contributed by atoms with Crippen LogP contribution in [0.2, 0.25) is 10.0 Å². The maximum atomic E-state index is 11.6. The highest BCUT2D eigenvalue weighted by atomic mass is 35.5. The van der Waals surface area contributed by atoms with E-state index in [1.807, 2.05) is 36.5 Å². The van der Waals surface area contributed by atoms with Crippen LogP contribution >= 0.6 is 23.2 Å². The fourth-order valence-electron chi connectivity index (χ4n) is 4.65. The molecule has 1 aromatic carbocycles. The van der Waals surface area contributed by atoms with Crippen molar-refractivity contribution in [3.63, 3.8) is 0 Å². The molecule has 3 atom stereocenters. The topological polar surface area (TPSA) is 36.4 Å². The van der Waals surface area contributed by atoms with Gasteiger partial charge in [-0.2, -0.15) is 0 Å². The highest BCUT2D eigenvalue weighted by Gasteiger charge is 2.51. The third-order valence-electron chi connectivity index (χ3n) is 5.86. The molecule has 3 nitrogen and oxygen atoms in total. The summed E-state index contributed by atoms with van der Waals surface area (Å²) in [5, 5.41) is 12.8. The molecule has 1 aliphatic carbocycles. The van der Waals surface area contributed by atoms with Gasteiger partial charge in [0, 0.05) is 49.4 Å². The number of piperidine rings is 1. The van der Waals surface area contributed by atoms with Crippen molar-refractivity contribution in [2.75, 3.05) is 13.1 Å². The lowest BCUT2D eigenvalue weighted by Gasteiger charge is -2.53. The first kappa shape index (κ1) is 17.3. The fraction of sp³-hybridized carbons (Fsp3) is 0.450. The molecule has 2 aliphatic rings. The molecule has 1 unspecified atom stereocenters. The van der Waals surface area contributed by atoms with Gasteiger partial charge in [0.1, 0.15) is 0 Å². The predicted molar refractivity (Wildman–Crippen MR) is 101 cm³/mol. The van der Waals surface area contributed by atoms with E-state index in [0.29, 0.717) is 10.0 Å². The maximum Gasteiger partial charge on any atom is 0.0991 e. The number of pyridine rings is 1. The van der Waals surface area contributed by atoms with Gasteiger partial charge in [-0.3, -0.25) is 9.88 Å². The third kappa shape index (κ3) is 3.08.